The molecule has 0 saturated carbocycles. The lowest BCUT2D eigenvalue weighted by atomic mass is 10.4. The SMILES string of the molecule is CO[Si](C)(CCC(C)S)OC. The van der Waals surface area contributed by atoms with E-state index in [1.165, 1.54) is 0 Å². The molecule has 0 heterocycles. The molecule has 0 aliphatic rings. The molecule has 0 bridgehead atoms. The van der Waals surface area contributed by atoms with E-state index in [1.807, 2.05) is 0 Å². The van der Waals surface area contributed by atoms with Gasteiger partial charge in [-0.3, -0.25) is 0 Å². The van der Waals surface area contributed by atoms with Gasteiger partial charge in [0.25, 0.3) is 0 Å². The van der Waals surface area contributed by atoms with Gasteiger partial charge in [0.2, 0.25) is 0 Å². The van der Waals surface area contributed by atoms with Gasteiger partial charge in [-0.1, -0.05) is 6.92 Å². The summed E-state index contributed by atoms with van der Waals surface area (Å²) in [6, 6.07) is 1.02. The highest BCUT2D eigenvalue weighted by atomic mass is 32.1. The summed E-state index contributed by atoms with van der Waals surface area (Å²) in [6.45, 7) is 4.16. The molecular weight excluding hydrogens is 176 g/mol. The van der Waals surface area contributed by atoms with Crippen LogP contribution in [0.25, 0.3) is 0 Å². The zero-order chi connectivity index (χ0) is 8.91. The van der Waals surface area contributed by atoms with E-state index < -0.39 is 8.56 Å². The fourth-order valence-corrected chi connectivity index (χ4v) is 2.66. The quantitative estimate of drug-likeness (QED) is 0.533. The molecule has 0 aromatic carbocycles. The van der Waals surface area contributed by atoms with Crippen LogP contribution >= 0.6 is 12.6 Å². The summed E-state index contributed by atoms with van der Waals surface area (Å²) in [5, 5.41) is 0.437. The lowest BCUT2D eigenvalue weighted by Crippen LogP contribution is -2.36. The molecule has 0 amide bonds. The van der Waals surface area contributed by atoms with Crippen molar-refractivity contribution in [2.24, 2.45) is 0 Å². The molecule has 0 fully saturated rings. The highest BCUT2D eigenvalue weighted by Crippen LogP contribution is 2.16. The summed E-state index contributed by atoms with van der Waals surface area (Å²) in [4.78, 5) is 0. The summed E-state index contributed by atoms with van der Waals surface area (Å²) in [7, 11) is 1.63. The van der Waals surface area contributed by atoms with Crippen molar-refractivity contribution in [2.45, 2.75) is 31.2 Å². The van der Waals surface area contributed by atoms with E-state index in [2.05, 4.69) is 26.1 Å². The van der Waals surface area contributed by atoms with E-state index in [0.29, 0.717) is 5.25 Å². The first-order valence-corrected chi connectivity index (χ1v) is 6.86. The minimum atomic E-state index is -1.81. The summed E-state index contributed by atoms with van der Waals surface area (Å²) < 4.78 is 10.6. The molecular formula is C7H18O2SSi. The molecule has 0 rings (SSSR count). The maximum Gasteiger partial charge on any atom is 0.334 e. The van der Waals surface area contributed by atoms with Crippen LogP contribution in [0, 0.1) is 0 Å². The van der Waals surface area contributed by atoms with E-state index in [-0.39, 0.29) is 0 Å². The lowest BCUT2D eigenvalue weighted by molar-refractivity contribution is 0.248. The molecule has 1 unspecified atom stereocenters. The second-order valence-electron chi connectivity index (χ2n) is 2.93. The van der Waals surface area contributed by atoms with Gasteiger partial charge in [0.15, 0.2) is 0 Å². The van der Waals surface area contributed by atoms with Gasteiger partial charge in [0.1, 0.15) is 0 Å². The van der Waals surface area contributed by atoms with Crippen molar-refractivity contribution in [3.05, 3.63) is 0 Å². The Labute approximate surface area is 75.9 Å². The molecule has 0 aliphatic heterocycles. The Balaban J connectivity index is 3.69. The van der Waals surface area contributed by atoms with Gasteiger partial charge < -0.3 is 8.85 Å². The normalized spacial score (nSPS) is 15.0. The van der Waals surface area contributed by atoms with Crippen molar-refractivity contribution in [3.8, 4) is 0 Å². The zero-order valence-corrected chi connectivity index (χ0v) is 9.65. The van der Waals surface area contributed by atoms with Crippen LogP contribution in [0.4, 0.5) is 0 Å². The predicted octanol–water partition coefficient (Wildman–Crippen LogP) is 2.06. The average Bonchev–Trinajstić information content (AvgIpc) is 2.00. The summed E-state index contributed by atoms with van der Waals surface area (Å²) in [5.41, 5.74) is 0. The van der Waals surface area contributed by atoms with Crippen LogP contribution in [0.2, 0.25) is 12.6 Å². The topological polar surface area (TPSA) is 18.5 Å². The van der Waals surface area contributed by atoms with E-state index in [0.717, 1.165) is 12.5 Å². The lowest BCUT2D eigenvalue weighted by Gasteiger charge is -2.23. The predicted molar refractivity (Wildman–Crippen MR) is 53.5 cm³/mol. The van der Waals surface area contributed by atoms with Crippen LogP contribution in [0.3, 0.4) is 0 Å². The Morgan fingerprint density at radius 3 is 2.09 bits per heavy atom. The summed E-state index contributed by atoms with van der Waals surface area (Å²) in [5.74, 6) is 0. The van der Waals surface area contributed by atoms with Crippen molar-refractivity contribution in [2.75, 3.05) is 14.2 Å². The van der Waals surface area contributed by atoms with Crippen molar-refractivity contribution < 1.29 is 8.85 Å². The van der Waals surface area contributed by atoms with Gasteiger partial charge in [-0.25, -0.2) is 0 Å². The molecule has 0 aromatic rings. The van der Waals surface area contributed by atoms with Gasteiger partial charge in [0.05, 0.1) is 0 Å². The number of rotatable bonds is 5. The van der Waals surface area contributed by atoms with E-state index >= 15 is 0 Å². The fraction of sp³-hybridized carbons (Fsp3) is 1.00. The van der Waals surface area contributed by atoms with Gasteiger partial charge >= 0.3 is 8.56 Å². The standard InChI is InChI=1S/C7H18O2SSi/c1-7(10)5-6-11(4,8-2)9-3/h7,10H,5-6H2,1-4H3. The fourth-order valence-electron chi connectivity index (χ4n) is 0.759. The first-order valence-electron chi connectivity index (χ1n) is 3.82. The van der Waals surface area contributed by atoms with Crippen LogP contribution in [0.1, 0.15) is 13.3 Å². The minimum absolute atomic E-state index is 0.437. The molecule has 0 N–H and O–H groups in total. The number of hydrogen-bond acceptors (Lipinski definition) is 3. The van der Waals surface area contributed by atoms with Crippen LogP contribution in [0.15, 0.2) is 0 Å². The smallest absolute Gasteiger partial charge is 0.334 e. The van der Waals surface area contributed by atoms with Crippen LogP contribution in [-0.2, 0) is 8.85 Å². The van der Waals surface area contributed by atoms with Gasteiger partial charge in [-0.05, 0) is 24.3 Å². The molecule has 4 heteroatoms. The Bertz CT molecular complexity index is 105. The molecule has 0 aliphatic carbocycles. The van der Waals surface area contributed by atoms with Crippen molar-refractivity contribution >= 4 is 21.2 Å². The monoisotopic (exact) mass is 194 g/mol. The molecule has 68 valence electrons. The molecule has 0 spiro atoms. The minimum Gasteiger partial charge on any atom is -0.398 e. The van der Waals surface area contributed by atoms with E-state index in [4.69, 9.17) is 8.85 Å². The van der Waals surface area contributed by atoms with E-state index in [9.17, 15) is 0 Å². The van der Waals surface area contributed by atoms with E-state index in [1.54, 1.807) is 14.2 Å². The van der Waals surface area contributed by atoms with Crippen LogP contribution in [-0.4, -0.2) is 28.0 Å². The van der Waals surface area contributed by atoms with Crippen LogP contribution < -0.4 is 0 Å². The average molecular weight is 194 g/mol. The highest BCUT2D eigenvalue weighted by Gasteiger charge is 2.28. The third-order valence-electron chi connectivity index (χ3n) is 1.88. The first-order chi connectivity index (χ1) is 5.04. The molecule has 2 nitrogen and oxygen atoms in total. The molecule has 0 saturated heterocycles. The van der Waals surface area contributed by atoms with Gasteiger partial charge in [-0.2, -0.15) is 12.6 Å². The molecule has 0 aromatic heterocycles. The van der Waals surface area contributed by atoms with Gasteiger partial charge in [-0.15, -0.1) is 0 Å². The summed E-state index contributed by atoms with van der Waals surface area (Å²) in [6.07, 6.45) is 1.06. The maximum absolute atomic E-state index is 5.32. The molecule has 1 atom stereocenters. The first kappa shape index (κ1) is 11.5. The zero-order valence-electron chi connectivity index (χ0n) is 7.76. The molecule has 11 heavy (non-hydrogen) atoms. The Hall–Kier alpha value is 0.487. The largest absolute Gasteiger partial charge is 0.398 e. The second-order valence-corrected chi connectivity index (χ2v) is 7.40. The third-order valence-corrected chi connectivity index (χ3v) is 5.06. The van der Waals surface area contributed by atoms with Crippen molar-refractivity contribution in [3.63, 3.8) is 0 Å². The van der Waals surface area contributed by atoms with Crippen molar-refractivity contribution in [1.82, 2.24) is 0 Å². The van der Waals surface area contributed by atoms with Crippen molar-refractivity contribution in [1.29, 1.82) is 0 Å². The number of thiol groups is 1. The Kier molecular flexibility index (Phi) is 5.42. The Morgan fingerprint density at radius 1 is 1.36 bits per heavy atom. The maximum atomic E-state index is 5.32. The van der Waals surface area contributed by atoms with Crippen LogP contribution in [0.5, 0.6) is 0 Å². The summed E-state index contributed by atoms with van der Waals surface area (Å²) >= 11 is 4.30. The second kappa shape index (κ2) is 5.19. The van der Waals surface area contributed by atoms with Gasteiger partial charge in [0, 0.05) is 14.2 Å². The Morgan fingerprint density at radius 2 is 1.82 bits per heavy atom. The molecule has 0 radical (unpaired) electrons. The number of hydrogen-bond donors (Lipinski definition) is 1. The third kappa shape index (κ3) is 4.84. The highest BCUT2D eigenvalue weighted by molar-refractivity contribution is 7.80.